The first-order chi connectivity index (χ1) is 8.97. The van der Waals surface area contributed by atoms with E-state index >= 15 is 0 Å². The van der Waals surface area contributed by atoms with Crippen molar-refractivity contribution in [3.63, 3.8) is 0 Å². The van der Waals surface area contributed by atoms with Gasteiger partial charge in [-0.25, -0.2) is 0 Å². The minimum Gasteiger partial charge on any atom is -0.379 e. The Balaban J connectivity index is 2.24. The summed E-state index contributed by atoms with van der Waals surface area (Å²) in [4.78, 5) is 0. The van der Waals surface area contributed by atoms with Gasteiger partial charge in [0, 0.05) is 18.7 Å². The van der Waals surface area contributed by atoms with E-state index in [1.807, 2.05) is 0 Å². The van der Waals surface area contributed by atoms with E-state index in [9.17, 15) is 0 Å². The molecule has 0 amide bonds. The highest BCUT2D eigenvalue weighted by molar-refractivity contribution is 4.90. The lowest BCUT2D eigenvalue weighted by atomic mass is 9.99. The minimum absolute atomic E-state index is 0.0569. The second-order valence-electron chi connectivity index (χ2n) is 6.81. The smallest absolute Gasteiger partial charge is 0.0807 e. The van der Waals surface area contributed by atoms with Gasteiger partial charge in [-0.15, -0.1) is 0 Å². The molecule has 1 aliphatic rings. The molecule has 1 saturated carbocycles. The first kappa shape index (κ1) is 16.9. The van der Waals surface area contributed by atoms with Gasteiger partial charge in [0.15, 0.2) is 0 Å². The van der Waals surface area contributed by atoms with Crippen LogP contribution in [0.2, 0.25) is 0 Å². The van der Waals surface area contributed by atoms with Crippen LogP contribution in [0.5, 0.6) is 0 Å². The highest BCUT2D eigenvalue weighted by Gasteiger charge is 2.35. The SMILES string of the molecule is CCCCOCCOC1(CNC(C)(C)C)CCCC1. The van der Waals surface area contributed by atoms with Gasteiger partial charge in [-0.1, -0.05) is 26.2 Å². The number of hydrogen-bond acceptors (Lipinski definition) is 3. The van der Waals surface area contributed by atoms with E-state index < -0.39 is 0 Å². The molecule has 0 aliphatic heterocycles. The van der Waals surface area contributed by atoms with Gasteiger partial charge in [-0.2, -0.15) is 0 Å². The lowest BCUT2D eigenvalue weighted by molar-refractivity contribution is -0.0651. The number of hydrogen-bond donors (Lipinski definition) is 1. The van der Waals surface area contributed by atoms with Crippen molar-refractivity contribution in [2.75, 3.05) is 26.4 Å². The van der Waals surface area contributed by atoms with Gasteiger partial charge in [0.2, 0.25) is 0 Å². The van der Waals surface area contributed by atoms with Gasteiger partial charge in [0.25, 0.3) is 0 Å². The van der Waals surface area contributed by atoms with Crippen molar-refractivity contribution in [3.05, 3.63) is 0 Å². The quantitative estimate of drug-likeness (QED) is 0.651. The number of rotatable bonds is 9. The third kappa shape index (κ3) is 7.28. The summed E-state index contributed by atoms with van der Waals surface area (Å²) in [6, 6.07) is 0. The predicted molar refractivity (Wildman–Crippen MR) is 80.6 cm³/mol. The topological polar surface area (TPSA) is 30.5 Å². The Morgan fingerprint density at radius 2 is 1.74 bits per heavy atom. The van der Waals surface area contributed by atoms with Gasteiger partial charge < -0.3 is 14.8 Å². The standard InChI is InChI=1S/C16H33NO2/c1-5-6-11-18-12-13-19-16(9-7-8-10-16)14-17-15(2,3)4/h17H,5-14H2,1-4H3. The number of nitrogens with one attached hydrogen (secondary N) is 1. The molecule has 1 rings (SSSR count). The van der Waals surface area contributed by atoms with Crippen LogP contribution in [0.3, 0.4) is 0 Å². The molecule has 0 atom stereocenters. The Morgan fingerprint density at radius 1 is 1.05 bits per heavy atom. The van der Waals surface area contributed by atoms with Crippen LogP contribution in [-0.2, 0) is 9.47 Å². The van der Waals surface area contributed by atoms with Crippen molar-refractivity contribution in [2.45, 2.75) is 77.4 Å². The molecule has 1 N–H and O–H groups in total. The number of unbranched alkanes of at least 4 members (excludes halogenated alkanes) is 1. The van der Waals surface area contributed by atoms with Crippen LogP contribution in [0.4, 0.5) is 0 Å². The molecule has 1 fully saturated rings. The molecule has 0 heterocycles. The highest BCUT2D eigenvalue weighted by Crippen LogP contribution is 2.33. The van der Waals surface area contributed by atoms with E-state index in [1.165, 1.54) is 32.1 Å². The lowest BCUT2D eigenvalue weighted by Crippen LogP contribution is -2.48. The Labute approximate surface area is 119 Å². The van der Waals surface area contributed by atoms with E-state index in [-0.39, 0.29) is 11.1 Å². The third-order valence-electron chi connectivity index (χ3n) is 3.73. The van der Waals surface area contributed by atoms with E-state index in [0.717, 1.165) is 32.8 Å². The second kappa shape index (κ2) is 8.23. The van der Waals surface area contributed by atoms with Gasteiger partial charge in [0.05, 0.1) is 18.8 Å². The molecule has 19 heavy (non-hydrogen) atoms. The molecule has 0 spiro atoms. The molecule has 0 aromatic rings. The third-order valence-corrected chi connectivity index (χ3v) is 3.73. The summed E-state index contributed by atoms with van der Waals surface area (Å²) in [5.74, 6) is 0. The zero-order valence-corrected chi connectivity index (χ0v) is 13.4. The first-order valence-corrected chi connectivity index (χ1v) is 7.94. The Bertz CT molecular complexity index is 229. The summed E-state index contributed by atoms with van der Waals surface area (Å²) in [5, 5.41) is 3.60. The van der Waals surface area contributed by atoms with Gasteiger partial charge in [-0.3, -0.25) is 0 Å². The molecule has 3 heteroatoms. The van der Waals surface area contributed by atoms with Gasteiger partial charge >= 0.3 is 0 Å². The van der Waals surface area contributed by atoms with Crippen molar-refractivity contribution in [1.82, 2.24) is 5.32 Å². The zero-order chi connectivity index (χ0) is 14.2. The summed E-state index contributed by atoms with van der Waals surface area (Å²) in [6.07, 6.45) is 7.30. The normalized spacial score (nSPS) is 18.9. The van der Waals surface area contributed by atoms with Crippen LogP contribution < -0.4 is 5.32 Å². The zero-order valence-electron chi connectivity index (χ0n) is 13.4. The summed E-state index contributed by atoms with van der Waals surface area (Å²) in [6.45, 7) is 12.1. The molecule has 0 radical (unpaired) electrons. The summed E-state index contributed by atoms with van der Waals surface area (Å²) in [7, 11) is 0. The average molecular weight is 271 g/mol. The molecule has 0 aromatic carbocycles. The van der Waals surface area contributed by atoms with Gasteiger partial charge in [0.1, 0.15) is 0 Å². The molecular formula is C16H33NO2. The predicted octanol–water partition coefficient (Wildman–Crippen LogP) is 3.52. The fourth-order valence-corrected chi connectivity index (χ4v) is 2.48. The molecule has 0 saturated heterocycles. The lowest BCUT2D eigenvalue weighted by Gasteiger charge is -2.33. The van der Waals surface area contributed by atoms with E-state index in [2.05, 4.69) is 33.0 Å². The molecule has 0 bridgehead atoms. The highest BCUT2D eigenvalue weighted by atomic mass is 16.5. The fourth-order valence-electron chi connectivity index (χ4n) is 2.48. The van der Waals surface area contributed by atoms with Crippen molar-refractivity contribution < 1.29 is 9.47 Å². The van der Waals surface area contributed by atoms with Crippen molar-refractivity contribution >= 4 is 0 Å². The monoisotopic (exact) mass is 271 g/mol. The van der Waals surface area contributed by atoms with Gasteiger partial charge in [-0.05, 0) is 40.0 Å². The Morgan fingerprint density at radius 3 is 2.32 bits per heavy atom. The first-order valence-electron chi connectivity index (χ1n) is 7.94. The molecule has 0 aromatic heterocycles. The Hall–Kier alpha value is -0.120. The van der Waals surface area contributed by atoms with Crippen molar-refractivity contribution in [3.8, 4) is 0 Å². The molecule has 0 unspecified atom stereocenters. The van der Waals surface area contributed by atoms with E-state index in [0.29, 0.717) is 0 Å². The number of ether oxygens (including phenoxy) is 2. The van der Waals surface area contributed by atoms with E-state index in [4.69, 9.17) is 9.47 Å². The van der Waals surface area contributed by atoms with Crippen LogP contribution in [0, 0.1) is 0 Å². The Kier molecular flexibility index (Phi) is 7.33. The maximum absolute atomic E-state index is 6.18. The van der Waals surface area contributed by atoms with Crippen molar-refractivity contribution in [2.24, 2.45) is 0 Å². The van der Waals surface area contributed by atoms with E-state index in [1.54, 1.807) is 0 Å². The second-order valence-corrected chi connectivity index (χ2v) is 6.81. The summed E-state index contributed by atoms with van der Waals surface area (Å²) >= 11 is 0. The summed E-state index contributed by atoms with van der Waals surface area (Å²) in [5.41, 5.74) is 0.220. The van der Waals surface area contributed by atoms with Crippen LogP contribution in [0.25, 0.3) is 0 Å². The molecular weight excluding hydrogens is 238 g/mol. The maximum atomic E-state index is 6.18. The minimum atomic E-state index is 0.0569. The van der Waals surface area contributed by atoms with Crippen LogP contribution >= 0.6 is 0 Å². The summed E-state index contributed by atoms with van der Waals surface area (Å²) < 4.78 is 11.8. The van der Waals surface area contributed by atoms with Crippen LogP contribution in [0.15, 0.2) is 0 Å². The average Bonchev–Trinajstić information content (AvgIpc) is 2.80. The van der Waals surface area contributed by atoms with Crippen LogP contribution in [0.1, 0.15) is 66.2 Å². The van der Waals surface area contributed by atoms with Crippen LogP contribution in [-0.4, -0.2) is 37.5 Å². The largest absolute Gasteiger partial charge is 0.379 e. The molecule has 3 nitrogen and oxygen atoms in total. The fraction of sp³-hybridized carbons (Fsp3) is 1.00. The molecule has 1 aliphatic carbocycles. The maximum Gasteiger partial charge on any atom is 0.0807 e. The van der Waals surface area contributed by atoms with Crippen molar-refractivity contribution in [1.29, 1.82) is 0 Å². The molecule has 114 valence electrons.